The molecule has 26 heavy (non-hydrogen) atoms. The first-order valence-electron chi connectivity index (χ1n) is 9.48. The summed E-state index contributed by atoms with van der Waals surface area (Å²) < 4.78 is 9.39. The Kier molecular flexibility index (Phi) is 4.88. The summed E-state index contributed by atoms with van der Waals surface area (Å²) in [7, 11) is 1.98. The highest BCUT2D eigenvalue weighted by molar-refractivity contribution is 5.63. The number of fused-ring (bicyclic) bond motifs is 2. The number of aryl methyl sites for hydroxylation is 2. The molecule has 7 nitrogen and oxygen atoms in total. The van der Waals surface area contributed by atoms with Crippen LogP contribution in [-0.2, 0) is 24.6 Å². The van der Waals surface area contributed by atoms with E-state index in [1.165, 1.54) is 24.1 Å². The van der Waals surface area contributed by atoms with E-state index in [0.29, 0.717) is 0 Å². The Balaban J connectivity index is 1.71. The van der Waals surface area contributed by atoms with Crippen LogP contribution < -0.4 is 5.32 Å². The highest BCUT2D eigenvalue weighted by Crippen LogP contribution is 2.29. The Hall–Kier alpha value is -2.41. The highest BCUT2D eigenvalue weighted by Gasteiger charge is 2.20. The second kappa shape index (κ2) is 7.45. The Morgan fingerprint density at radius 1 is 1.27 bits per heavy atom. The second-order valence-corrected chi connectivity index (χ2v) is 6.73. The molecule has 0 atom stereocenters. The maximum Gasteiger partial charge on any atom is 0.160 e. The fourth-order valence-electron chi connectivity index (χ4n) is 3.58. The number of nitrogens with one attached hydrogen (secondary N) is 1. The van der Waals surface area contributed by atoms with Gasteiger partial charge in [0.05, 0.1) is 0 Å². The SMILES string of the molecule is CCOCCCNc1c2c(nc3cc(-c4nccn4C)nn13)CCCC2. The van der Waals surface area contributed by atoms with Crippen molar-refractivity contribution in [1.82, 2.24) is 24.1 Å². The van der Waals surface area contributed by atoms with Gasteiger partial charge in [-0.2, -0.15) is 9.61 Å². The molecule has 4 rings (SSSR count). The van der Waals surface area contributed by atoms with E-state index in [1.807, 2.05) is 35.3 Å². The molecular weight excluding hydrogens is 328 g/mol. The van der Waals surface area contributed by atoms with Gasteiger partial charge in [0.15, 0.2) is 11.5 Å². The van der Waals surface area contributed by atoms with Gasteiger partial charge >= 0.3 is 0 Å². The van der Waals surface area contributed by atoms with E-state index in [9.17, 15) is 0 Å². The zero-order valence-corrected chi connectivity index (χ0v) is 15.5. The molecule has 3 aromatic heterocycles. The molecule has 1 aliphatic rings. The fourth-order valence-corrected chi connectivity index (χ4v) is 3.58. The van der Waals surface area contributed by atoms with Gasteiger partial charge in [0.25, 0.3) is 0 Å². The molecule has 0 saturated carbocycles. The molecule has 0 fully saturated rings. The first-order valence-corrected chi connectivity index (χ1v) is 9.48. The third-order valence-corrected chi connectivity index (χ3v) is 4.89. The molecule has 7 heteroatoms. The first kappa shape index (κ1) is 17.0. The second-order valence-electron chi connectivity index (χ2n) is 6.73. The summed E-state index contributed by atoms with van der Waals surface area (Å²) in [5.41, 5.74) is 4.26. The van der Waals surface area contributed by atoms with Crippen LogP contribution in [-0.4, -0.2) is 43.9 Å². The normalized spacial score (nSPS) is 13.9. The maximum absolute atomic E-state index is 5.45. The van der Waals surface area contributed by atoms with Gasteiger partial charge in [0.1, 0.15) is 11.5 Å². The maximum atomic E-state index is 5.45. The van der Waals surface area contributed by atoms with Crippen LogP contribution in [0.1, 0.15) is 37.4 Å². The van der Waals surface area contributed by atoms with Crippen molar-refractivity contribution in [2.24, 2.45) is 7.05 Å². The molecule has 0 saturated heterocycles. The zero-order valence-electron chi connectivity index (χ0n) is 15.5. The van der Waals surface area contributed by atoms with E-state index in [-0.39, 0.29) is 0 Å². The number of imidazole rings is 1. The lowest BCUT2D eigenvalue weighted by Gasteiger charge is -2.20. The van der Waals surface area contributed by atoms with E-state index in [0.717, 1.165) is 62.0 Å². The lowest BCUT2D eigenvalue weighted by Crippen LogP contribution is -2.16. The quantitative estimate of drug-likeness (QED) is 0.661. The van der Waals surface area contributed by atoms with Crippen molar-refractivity contribution in [2.75, 3.05) is 25.1 Å². The van der Waals surface area contributed by atoms with Crippen LogP contribution in [0.5, 0.6) is 0 Å². The number of hydrogen-bond acceptors (Lipinski definition) is 5. The Labute approximate surface area is 153 Å². The molecule has 0 aromatic carbocycles. The standard InChI is InChI=1S/C19H26N6O/c1-3-26-12-6-9-20-18-14-7-4-5-8-15(14)22-17-13-16(23-25(17)18)19-21-10-11-24(19)2/h10-11,13,20H,3-9,12H2,1-2H3. The summed E-state index contributed by atoms with van der Waals surface area (Å²) >= 11 is 0. The van der Waals surface area contributed by atoms with E-state index < -0.39 is 0 Å². The molecule has 0 aliphatic heterocycles. The molecule has 138 valence electrons. The third-order valence-electron chi connectivity index (χ3n) is 4.89. The topological polar surface area (TPSA) is 69.3 Å². The van der Waals surface area contributed by atoms with E-state index in [2.05, 4.69) is 10.3 Å². The molecule has 1 aliphatic carbocycles. The monoisotopic (exact) mass is 354 g/mol. The highest BCUT2D eigenvalue weighted by atomic mass is 16.5. The van der Waals surface area contributed by atoms with Crippen LogP contribution in [0.4, 0.5) is 5.82 Å². The molecule has 0 bridgehead atoms. The van der Waals surface area contributed by atoms with Gasteiger partial charge in [-0.25, -0.2) is 9.97 Å². The van der Waals surface area contributed by atoms with Crippen LogP contribution in [0.25, 0.3) is 17.2 Å². The van der Waals surface area contributed by atoms with Gasteiger partial charge in [0.2, 0.25) is 0 Å². The summed E-state index contributed by atoms with van der Waals surface area (Å²) in [5.74, 6) is 1.94. The molecule has 3 aromatic rings. The largest absolute Gasteiger partial charge is 0.382 e. The van der Waals surface area contributed by atoms with Gasteiger partial charge in [-0.15, -0.1) is 0 Å². The van der Waals surface area contributed by atoms with Gasteiger partial charge in [-0.1, -0.05) is 0 Å². The summed E-state index contributed by atoms with van der Waals surface area (Å²) in [5, 5.41) is 8.42. The smallest absolute Gasteiger partial charge is 0.160 e. The van der Waals surface area contributed by atoms with E-state index in [1.54, 1.807) is 6.20 Å². The molecule has 0 radical (unpaired) electrons. The molecular formula is C19H26N6O. The van der Waals surface area contributed by atoms with Crippen molar-refractivity contribution in [1.29, 1.82) is 0 Å². The number of hydrogen-bond donors (Lipinski definition) is 1. The lowest BCUT2D eigenvalue weighted by atomic mass is 9.96. The van der Waals surface area contributed by atoms with Crippen LogP contribution in [0, 0.1) is 0 Å². The van der Waals surface area contributed by atoms with Crippen LogP contribution in [0.15, 0.2) is 18.5 Å². The number of nitrogens with zero attached hydrogens (tertiary/aromatic N) is 5. The van der Waals surface area contributed by atoms with Crippen LogP contribution in [0.3, 0.4) is 0 Å². The summed E-state index contributed by atoms with van der Waals surface area (Å²) in [4.78, 5) is 9.32. The van der Waals surface area contributed by atoms with Crippen molar-refractivity contribution in [3.05, 3.63) is 29.7 Å². The summed E-state index contributed by atoms with van der Waals surface area (Å²) in [6.45, 7) is 4.43. The van der Waals surface area contributed by atoms with Gasteiger partial charge in [-0.05, 0) is 39.0 Å². The van der Waals surface area contributed by atoms with Crippen molar-refractivity contribution < 1.29 is 4.74 Å². The van der Waals surface area contributed by atoms with Crippen LogP contribution in [0.2, 0.25) is 0 Å². The van der Waals surface area contributed by atoms with Crippen molar-refractivity contribution in [3.63, 3.8) is 0 Å². The van der Waals surface area contributed by atoms with Gasteiger partial charge < -0.3 is 14.6 Å². The molecule has 0 amide bonds. The Bertz CT molecular complexity index is 897. The number of anilines is 1. The van der Waals surface area contributed by atoms with E-state index >= 15 is 0 Å². The molecule has 3 heterocycles. The summed E-state index contributed by atoms with van der Waals surface area (Å²) in [6, 6.07) is 2.03. The average molecular weight is 354 g/mol. The molecule has 0 unspecified atom stereocenters. The Morgan fingerprint density at radius 2 is 2.15 bits per heavy atom. The van der Waals surface area contributed by atoms with Crippen LogP contribution >= 0.6 is 0 Å². The summed E-state index contributed by atoms with van der Waals surface area (Å²) in [6.07, 6.45) is 9.23. The van der Waals surface area contributed by atoms with Gasteiger partial charge in [-0.3, -0.25) is 0 Å². The predicted molar refractivity (Wildman–Crippen MR) is 101 cm³/mol. The lowest BCUT2D eigenvalue weighted by molar-refractivity contribution is 0.147. The minimum atomic E-state index is 0.765. The number of aromatic nitrogens is 5. The van der Waals surface area contributed by atoms with E-state index in [4.69, 9.17) is 14.8 Å². The number of rotatable bonds is 7. The average Bonchev–Trinajstić information content (AvgIpc) is 3.26. The van der Waals surface area contributed by atoms with Crippen molar-refractivity contribution >= 4 is 11.5 Å². The molecule has 0 spiro atoms. The first-order chi connectivity index (χ1) is 12.8. The zero-order chi connectivity index (χ0) is 17.9. The Morgan fingerprint density at radius 3 is 2.96 bits per heavy atom. The van der Waals surface area contributed by atoms with Gasteiger partial charge in [0, 0.05) is 56.5 Å². The minimum absolute atomic E-state index is 0.765. The fraction of sp³-hybridized carbons (Fsp3) is 0.526. The third kappa shape index (κ3) is 3.19. The minimum Gasteiger partial charge on any atom is -0.382 e. The number of ether oxygens (including phenoxy) is 1. The molecule has 1 N–H and O–H groups in total. The van der Waals surface area contributed by atoms with Crippen molar-refractivity contribution in [3.8, 4) is 11.5 Å². The predicted octanol–water partition coefficient (Wildman–Crippen LogP) is 2.85. The van der Waals surface area contributed by atoms with Crippen molar-refractivity contribution in [2.45, 2.75) is 39.0 Å².